The summed E-state index contributed by atoms with van der Waals surface area (Å²) in [7, 11) is -0.676. The summed E-state index contributed by atoms with van der Waals surface area (Å²) in [6, 6.07) is 10.2. The van der Waals surface area contributed by atoms with E-state index in [-0.39, 0.29) is 16.5 Å². The van der Waals surface area contributed by atoms with E-state index in [2.05, 4.69) is 10.6 Å². The normalized spacial score (nSPS) is 11.9. The van der Waals surface area contributed by atoms with Gasteiger partial charge in [-0.05, 0) is 77.1 Å². The van der Waals surface area contributed by atoms with Crippen molar-refractivity contribution in [1.82, 2.24) is 4.31 Å². The molecule has 2 N–H and O–H groups in total. The van der Waals surface area contributed by atoms with E-state index in [1.54, 1.807) is 46.8 Å². The Hall–Kier alpha value is -3.11. The number of anilines is 2. The Morgan fingerprint density at radius 2 is 1.61 bits per heavy atom. The fraction of sp³-hybridized carbons (Fsp3) is 0.391. The van der Waals surface area contributed by atoms with Crippen LogP contribution in [0.4, 0.5) is 16.2 Å². The topological polar surface area (TPSA) is 114 Å². The van der Waals surface area contributed by atoms with Crippen LogP contribution in [0.1, 0.15) is 45.0 Å². The van der Waals surface area contributed by atoms with Gasteiger partial charge in [-0.25, -0.2) is 13.2 Å². The second-order valence-corrected chi connectivity index (χ2v) is 10.6. The molecule has 0 aromatic heterocycles. The fourth-order valence-electron chi connectivity index (χ4n) is 2.72. The zero-order chi connectivity index (χ0) is 25.0. The van der Waals surface area contributed by atoms with Gasteiger partial charge in [0.15, 0.2) is 0 Å². The van der Waals surface area contributed by atoms with Gasteiger partial charge in [0, 0.05) is 24.3 Å². The minimum Gasteiger partial charge on any atom is -0.495 e. The van der Waals surface area contributed by atoms with Gasteiger partial charge in [-0.1, -0.05) is 0 Å². The highest BCUT2D eigenvalue weighted by molar-refractivity contribution is 7.89. The lowest BCUT2D eigenvalue weighted by Crippen LogP contribution is -2.33. The minimum absolute atomic E-state index is 0.101. The first-order valence-corrected chi connectivity index (χ1v) is 11.8. The number of nitrogens with one attached hydrogen (secondary N) is 2. The Morgan fingerprint density at radius 3 is 2.12 bits per heavy atom. The minimum atomic E-state index is -3.64. The summed E-state index contributed by atoms with van der Waals surface area (Å²) in [5.74, 6) is -0.0489. The van der Waals surface area contributed by atoms with Gasteiger partial charge in [0.1, 0.15) is 11.4 Å². The molecule has 2 rings (SSSR count). The standard InChI is InChI=1S/C23H31N3O6S/c1-15(2)26(6)33(29,30)18-11-8-16(9-12-18)21(27)24-17-10-13-20(31-7)19(14-17)25-22(28)32-23(3,4)5/h8-15H,1-7H3,(H,24,27)(H,25,28). The van der Waals surface area contributed by atoms with Crippen molar-refractivity contribution in [1.29, 1.82) is 0 Å². The predicted molar refractivity (Wildman–Crippen MR) is 127 cm³/mol. The molecule has 0 heterocycles. The van der Waals surface area contributed by atoms with E-state index in [9.17, 15) is 18.0 Å². The lowest BCUT2D eigenvalue weighted by molar-refractivity contribution is 0.0635. The molecule has 9 nitrogen and oxygen atoms in total. The Kier molecular flexibility index (Phi) is 8.10. The van der Waals surface area contributed by atoms with Gasteiger partial charge in [-0.2, -0.15) is 4.31 Å². The molecule has 0 fully saturated rings. The fourth-order valence-corrected chi connectivity index (χ4v) is 4.09. The molecule has 0 aliphatic carbocycles. The second kappa shape index (κ2) is 10.2. The zero-order valence-corrected chi connectivity index (χ0v) is 20.7. The predicted octanol–water partition coefficient (Wildman–Crippen LogP) is 4.32. The summed E-state index contributed by atoms with van der Waals surface area (Å²) >= 11 is 0. The third-order valence-electron chi connectivity index (χ3n) is 4.61. The molecule has 0 atom stereocenters. The number of ether oxygens (including phenoxy) is 2. The van der Waals surface area contributed by atoms with E-state index in [1.807, 2.05) is 0 Å². The molecule has 2 aromatic rings. The zero-order valence-electron chi connectivity index (χ0n) is 19.9. The van der Waals surface area contributed by atoms with Gasteiger partial charge in [-0.15, -0.1) is 0 Å². The molecular formula is C23H31N3O6S. The maximum Gasteiger partial charge on any atom is 0.412 e. The van der Waals surface area contributed by atoms with Gasteiger partial charge in [0.25, 0.3) is 5.91 Å². The van der Waals surface area contributed by atoms with Crippen LogP contribution in [0.5, 0.6) is 5.75 Å². The largest absolute Gasteiger partial charge is 0.495 e. The van der Waals surface area contributed by atoms with E-state index >= 15 is 0 Å². The molecule has 0 aliphatic rings. The summed E-state index contributed by atoms with van der Waals surface area (Å²) in [6.45, 7) is 8.80. The number of methoxy groups -OCH3 is 1. The average Bonchev–Trinajstić information content (AvgIpc) is 2.72. The molecule has 180 valence electrons. The van der Waals surface area contributed by atoms with Crippen LogP contribution in [0.2, 0.25) is 0 Å². The number of carbonyl (C=O) groups excluding carboxylic acids is 2. The van der Waals surface area contributed by atoms with Crippen molar-refractivity contribution >= 4 is 33.4 Å². The van der Waals surface area contributed by atoms with Crippen LogP contribution in [0.3, 0.4) is 0 Å². The molecule has 0 saturated heterocycles. The van der Waals surface area contributed by atoms with Crippen LogP contribution in [0, 0.1) is 0 Å². The van der Waals surface area contributed by atoms with Gasteiger partial charge in [0.05, 0.1) is 17.7 Å². The van der Waals surface area contributed by atoms with Gasteiger partial charge >= 0.3 is 6.09 Å². The van der Waals surface area contributed by atoms with Crippen LogP contribution in [-0.2, 0) is 14.8 Å². The Bertz CT molecular complexity index is 1110. The SMILES string of the molecule is COc1ccc(NC(=O)c2ccc(S(=O)(=O)N(C)C(C)C)cc2)cc1NC(=O)OC(C)(C)C. The molecule has 33 heavy (non-hydrogen) atoms. The van der Waals surface area contributed by atoms with Crippen molar-refractivity contribution < 1.29 is 27.5 Å². The number of hydrogen-bond acceptors (Lipinski definition) is 6. The summed E-state index contributed by atoms with van der Waals surface area (Å²) < 4.78 is 37.0. The molecule has 0 spiro atoms. The monoisotopic (exact) mass is 477 g/mol. The molecule has 0 radical (unpaired) electrons. The van der Waals surface area contributed by atoms with Crippen LogP contribution in [0.15, 0.2) is 47.4 Å². The van der Waals surface area contributed by atoms with Crippen molar-refractivity contribution in [3.63, 3.8) is 0 Å². The van der Waals surface area contributed by atoms with Crippen molar-refractivity contribution in [3.05, 3.63) is 48.0 Å². The summed E-state index contributed by atoms with van der Waals surface area (Å²) in [6.07, 6.45) is -0.660. The molecule has 0 aliphatic heterocycles. The van der Waals surface area contributed by atoms with E-state index in [1.165, 1.54) is 48.8 Å². The molecule has 0 saturated carbocycles. The van der Waals surface area contributed by atoms with Crippen LogP contribution in [0.25, 0.3) is 0 Å². The third-order valence-corrected chi connectivity index (χ3v) is 6.66. The summed E-state index contributed by atoms with van der Waals surface area (Å²) in [5, 5.41) is 5.33. The quantitative estimate of drug-likeness (QED) is 0.614. The van der Waals surface area contributed by atoms with E-state index in [4.69, 9.17) is 9.47 Å². The second-order valence-electron chi connectivity index (χ2n) is 8.64. The van der Waals surface area contributed by atoms with Crippen molar-refractivity contribution in [2.75, 3.05) is 24.8 Å². The molecule has 2 amide bonds. The van der Waals surface area contributed by atoms with Crippen molar-refractivity contribution in [2.45, 2.75) is 51.2 Å². The van der Waals surface area contributed by atoms with E-state index in [0.717, 1.165) is 0 Å². The number of benzene rings is 2. The summed E-state index contributed by atoms with van der Waals surface area (Å²) in [5.41, 5.74) is 0.330. The van der Waals surface area contributed by atoms with Gasteiger partial charge in [0.2, 0.25) is 10.0 Å². The number of amides is 2. The molecule has 0 bridgehead atoms. The molecule has 10 heteroatoms. The highest BCUT2D eigenvalue weighted by atomic mass is 32.2. The first-order valence-electron chi connectivity index (χ1n) is 10.3. The van der Waals surface area contributed by atoms with Crippen molar-refractivity contribution in [2.24, 2.45) is 0 Å². The number of rotatable bonds is 7. The van der Waals surface area contributed by atoms with Crippen molar-refractivity contribution in [3.8, 4) is 5.75 Å². The Morgan fingerprint density at radius 1 is 1.00 bits per heavy atom. The molecule has 0 unspecified atom stereocenters. The van der Waals surface area contributed by atoms with Gasteiger partial charge < -0.3 is 14.8 Å². The first-order chi connectivity index (χ1) is 15.2. The highest BCUT2D eigenvalue weighted by Crippen LogP contribution is 2.29. The van der Waals surface area contributed by atoms with Gasteiger partial charge in [-0.3, -0.25) is 10.1 Å². The number of hydrogen-bond donors (Lipinski definition) is 2. The van der Waals surface area contributed by atoms with E-state index < -0.39 is 27.6 Å². The van der Waals surface area contributed by atoms with Crippen LogP contribution >= 0.6 is 0 Å². The smallest absolute Gasteiger partial charge is 0.412 e. The molecular weight excluding hydrogens is 446 g/mol. The highest BCUT2D eigenvalue weighted by Gasteiger charge is 2.23. The Balaban J connectivity index is 2.19. The lowest BCUT2D eigenvalue weighted by atomic mass is 10.2. The summed E-state index contributed by atoms with van der Waals surface area (Å²) in [4.78, 5) is 24.9. The molecule has 2 aromatic carbocycles. The first kappa shape index (κ1) is 26.1. The maximum absolute atomic E-state index is 12.7. The Labute approximate surface area is 195 Å². The van der Waals surface area contributed by atoms with Crippen LogP contribution in [-0.4, -0.2) is 50.5 Å². The van der Waals surface area contributed by atoms with Crippen LogP contribution < -0.4 is 15.4 Å². The lowest BCUT2D eigenvalue weighted by Gasteiger charge is -2.21. The number of sulfonamides is 1. The van der Waals surface area contributed by atoms with E-state index in [0.29, 0.717) is 17.1 Å². The average molecular weight is 478 g/mol. The number of carbonyl (C=O) groups is 2. The number of nitrogens with zero attached hydrogens (tertiary/aromatic N) is 1. The third kappa shape index (κ3) is 6.93. The maximum atomic E-state index is 12.7.